The van der Waals surface area contributed by atoms with Gasteiger partial charge < -0.3 is 10.2 Å². The van der Waals surface area contributed by atoms with Gasteiger partial charge in [0.15, 0.2) is 5.13 Å². The molecule has 0 amide bonds. The first-order valence-corrected chi connectivity index (χ1v) is 7.50. The molecule has 0 aliphatic rings. The van der Waals surface area contributed by atoms with Crippen LogP contribution in [0.1, 0.15) is 18.2 Å². The molecule has 104 valence electrons. The highest BCUT2D eigenvalue weighted by atomic mass is 32.1. The SMILES string of the molecule is CCNc1ncc(CN(CCC#N)c2ccccc2)s1. The Labute approximate surface area is 123 Å². The maximum absolute atomic E-state index is 8.81. The first-order chi connectivity index (χ1) is 9.83. The van der Waals surface area contributed by atoms with Crippen LogP contribution in [0, 0.1) is 11.3 Å². The second-order valence-electron chi connectivity index (χ2n) is 4.33. The van der Waals surface area contributed by atoms with Gasteiger partial charge in [-0.2, -0.15) is 5.26 Å². The Morgan fingerprint density at radius 3 is 2.85 bits per heavy atom. The summed E-state index contributed by atoms with van der Waals surface area (Å²) in [6.07, 6.45) is 2.43. The minimum atomic E-state index is 0.522. The number of rotatable bonds is 7. The molecule has 1 N–H and O–H groups in total. The molecule has 4 nitrogen and oxygen atoms in total. The largest absolute Gasteiger partial charge is 0.365 e. The Kier molecular flexibility index (Phi) is 5.39. The van der Waals surface area contributed by atoms with Gasteiger partial charge in [-0.15, -0.1) is 11.3 Å². The predicted octanol–water partition coefficient (Wildman–Crippen LogP) is 3.50. The summed E-state index contributed by atoms with van der Waals surface area (Å²) in [6, 6.07) is 12.4. The van der Waals surface area contributed by atoms with Crippen molar-refractivity contribution in [1.29, 1.82) is 5.26 Å². The van der Waals surface area contributed by atoms with Crippen LogP contribution < -0.4 is 10.2 Å². The van der Waals surface area contributed by atoms with E-state index >= 15 is 0 Å². The minimum absolute atomic E-state index is 0.522. The molecular weight excluding hydrogens is 268 g/mol. The smallest absolute Gasteiger partial charge is 0.182 e. The van der Waals surface area contributed by atoms with Gasteiger partial charge in [-0.05, 0) is 19.1 Å². The number of aromatic nitrogens is 1. The number of benzene rings is 1. The Bertz CT molecular complexity index is 559. The number of hydrogen-bond donors (Lipinski definition) is 1. The lowest BCUT2D eigenvalue weighted by molar-refractivity contribution is 0.805. The Morgan fingerprint density at radius 2 is 2.15 bits per heavy atom. The zero-order chi connectivity index (χ0) is 14.2. The van der Waals surface area contributed by atoms with E-state index in [0.29, 0.717) is 6.42 Å². The molecule has 1 aromatic carbocycles. The fourth-order valence-electron chi connectivity index (χ4n) is 1.92. The van der Waals surface area contributed by atoms with Crippen molar-refractivity contribution >= 4 is 22.2 Å². The van der Waals surface area contributed by atoms with Gasteiger partial charge in [0.05, 0.1) is 19.0 Å². The van der Waals surface area contributed by atoms with Crippen molar-refractivity contribution in [3.63, 3.8) is 0 Å². The highest BCUT2D eigenvalue weighted by molar-refractivity contribution is 7.15. The molecule has 0 radical (unpaired) electrons. The van der Waals surface area contributed by atoms with Crippen LogP contribution in [0.25, 0.3) is 0 Å². The van der Waals surface area contributed by atoms with Gasteiger partial charge in [-0.25, -0.2) is 4.98 Å². The average Bonchev–Trinajstić information content (AvgIpc) is 2.92. The van der Waals surface area contributed by atoms with E-state index in [4.69, 9.17) is 5.26 Å². The molecule has 0 fully saturated rings. The van der Waals surface area contributed by atoms with E-state index in [1.54, 1.807) is 11.3 Å². The summed E-state index contributed by atoms with van der Waals surface area (Å²) in [6.45, 7) is 4.46. The van der Waals surface area contributed by atoms with E-state index < -0.39 is 0 Å². The van der Waals surface area contributed by atoms with E-state index in [1.165, 1.54) is 4.88 Å². The van der Waals surface area contributed by atoms with Gasteiger partial charge >= 0.3 is 0 Å². The first kappa shape index (κ1) is 14.4. The molecule has 0 aliphatic heterocycles. The van der Waals surface area contributed by atoms with Crippen molar-refractivity contribution in [1.82, 2.24) is 4.98 Å². The third-order valence-electron chi connectivity index (χ3n) is 2.84. The summed E-state index contributed by atoms with van der Waals surface area (Å²) < 4.78 is 0. The van der Waals surface area contributed by atoms with Crippen LogP contribution in [0.3, 0.4) is 0 Å². The van der Waals surface area contributed by atoms with Crippen molar-refractivity contribution in [2.45, 2.75) is 19.9 Å². The van der Waals surface area contributed by atoms with Crippen molar-refractivity contribution in [3.05, 3.63) is 41.4 Å². The summed E-state index contributed by atoms with van der Waals surface area (Å²) >= 11 is 1.67. The summed E-state index contributed by atoms with van der Waals surface area (Å²) in [7, 11) is 0. The number of anilines is 2. The fraction of sp³-hybridized carbons (Fsp3) is 0.333. The lowest BCUT2D eigenvalue weighted by atomic mass is 10.2. The van der Waals surface area contributed by atoms with E-state index in [0.717, 1.165) is 30.5 Å². The van der Waals surface area contributed by atoms with E-state index in [-0.39, 0.29) is 0 Å². The normalized spacial score (nSPS) is 10.0. The molecule has 0 aliphatic carbocycles. The Morgan fingerprint density at radius 1 is 1.35 bits per heavy atom. The lowest BCUT2D eigenvalue weighted by Gasteiger charge is -2.22. The number of hydrogen-bond acceptors (Lipinski definition) is 5. The van der Waals surface area contributed by atoms with Crippen LogP contribution in [0.2, 0.25) is 0 Å². The fourth-order valence-corrected chi connectivity index (χ4v) is 2.82. The standard InChI is InChI=1S/C15H18N4S/c1-2-17-15-18-11-14(20-15)12-19(10-6-9-16)13-7-4-3-5-8-13/h3-5,7-8,11H,2,6,10,12H2,1H3,(H,17,18). The zero-order valence-electron chi connectivity index (χ0n) is 11.5. The third kappa shape index (κ3) is 3.97. The van der Waals surface area contributed by atoms with Gasteiger partial charge in [0.2, 0.25) is 0 Å². The van der Waals surface area contributed by atoms with Crippen LogP contribution in [0.4, 0.5) is 10.8 Å². The van der Waals surface area contributed by atoms with Crippen molar-refractivity contribution in [2.75, 3.05) is 23.3 Å². The number of nitriles is 1. The lowest BCUT2D eigenvalue weighted by Crippen LogP contribution is -2.23. The van der Waals surface area contributed by atoms with Crippen LogP contribution in [-0.4, -0.2) is 18.1 Å². The molecule has 0 unspecified atom stereocenters. The maximum atomic E-state index is 8.81. The second kappa shape index (κ2) is 7.51. The minimum Gasteiger partial charge on any atom is -0.365 e. The molecular formula is C15H18N4S. The summed E-state index contributed by atoms with van der Waals surface area (Å²) in [4.78, 5) is 7.76. The second-order valence-corrected chi connectivity index (χ2v) is 5.44. The Hall–Kier alpha value is -2.06. The van der Waals surface area contributed by atoms with Crippen LogP contribution in [0.5, 0.6) is 0 Å². The molecule has 1 aromatic heterocycles. The molecule has 2 rings (SSSR count). The van der Waals surface area contributed by atoms with Crippen molar-refractivity contribution in [2.24, 2.45) is 0 Å². The summed E-state index contributed by atoms with van der Waals surface area (Å²) in [5.41, 5.74) is 1.14. The predicted molar refractivity (Wildman–Crippen MR) is 84.0 cm³/mol. The average molecular weight is 286 g/mol. The summed E-state index contributed by atoms with van der Waals surface area (Å²) in [5, 5.41) is 13.0. The Balaban J connectivity index is 2.09. The molecule has 2 aromatic rings. The van der Waals surface area contributed by atoms with Crippen LogP contribution >= 0.6 is 11.3 Å². The highest BCUT2D eigenvalue weighted by Gasteiger charge is 2.09. The molecule has 0 saturated carbocycles. The molecule has 20 heavy (non-hydrogen) atoms. The monoisotopic (exact) mass is 286 g/mol. The van der Waals surface area contributed by atoms with Crippen LogP contribution in [0.15, 0.2) is 36.5 Å². The topological polar surface area (TPSA) is 52.0 Å². The molecule has 1 heterocycles. The van der Waals surface area contributed by atoms with Crippen molar-refractivity contribution < 1.29 is 0 Å². The number of nitrogens with zero attached hydrogens (tertiary/aromatic N) is 3. The molecule has 5 heteroatoms. The highest BCUT2D eigenvalue weighted by Crippen LogP contribution is 2.23. The van der Waals surface area contributed by atoms with Crippen LogP contribution in [-0.2, 0) is 6.54 Å². The van der Waals surface area contributed by atoms with Gasteiger partial charge in [0, 0.05) is 29.9 Å². The molecule has 0 atom stereocenters. The van der Waals surface area contributed by atoms with Gasteiger partial charge in [-0.3, -0.25) is 0 Å². The third-order valence-corrected chi connectivity index (χ3v) is 3.78. The van der Waals surface area contributed by atoms with Crippen molar-refractivity contribution in [3.8, 4) is 6.07 Å². The van der Waals surface area contributed by atoms with E-state index in [2.05, 4.69) is 40.3 Å². The quantitative estimate of drug-likeness (QED) is 0.846. The number of nitrogens with one attached hydrogen (secondary N) is 1. The zero-order valence-corrected chi connectivity index (χ0v) is 12.4. The van der Waals surface area contributed by atoms with Gasteiger partial charge in [0.25, 0.3) is 0 Å². The first-order valence-electron chi connectivity index (χ1n) is 6.69. The summed E-state index contributed by atoms with van der Waals surface area (Å²) in [5.74, 6) is 0. The van der Waals surface area contributed by atoms with E-state index in [1.807, 2.05) is 24.4 Å². The van der Waals surface area contributed by atoms with Gasteiger partial charge in [-0.1, -0.05) is 18.2 Å². The van der Waals surface area contributed by atoms with E-state index in [9.17, 15) is 0 Å². The van der Waals surface area contributed by atoms with Gasteiger partial charge in [0.1, 0.15) is 0 Å². The molecule has 0 bridgehead atoms. The maximum Gasteiger partial charge on any atom is 0.182 e. The molecule has 0 spiro atoms. The number of thiazole rings is 1. The number of para-hydroxylation sites is 1. The molecule has 0 saturated heterocycles.